The van der Waals surface area contributed by atoms with E-state index in [0.29, 0.717) is 26.1 Å². The maximum atomic E-state index is 11.0. The van der Waals surface area contributed by atoms with Gasteiger partial charge in [-0.1, -0.05) is 45.2 Å². The van der Waals surface area contributed by atoms with Gasteiger partial charge in [0.25, 0.3) is 0 Å². The molecule has 0 aliphatic rings. The van der Waals surface area contributed by atoms with Crippen LogP contribution >= 0.6 is 45.2 Å². The summed E-state index contributed by atoms with van der Waals surface area (Å²) in [4.78, 5) is 22.0. The number of hydrogen-bond acceptors (Lipinski definition) is 4. The lowest BCUT2D eigenvalue weighted by molar-refractivity contribution is -0.143. The molecular weight excluding hydrogens is 450 g/mol. The van der Waals surface area contributed by atoms with Crippen molar-refractivity contribution in [3.63, 3.8) is 0 Å². The minimum Gasteiger partial charge on any atom is -0.466 e. The number of halogens is 2. The molecule has 17 heavy (non-hydrogen) atoms. The molecule has 0 aromatic heterocycles. The van der Waals surface area contributed by atoms with Gasteiger partial charge in [0.2, 0.25) is 0 Å². The smallest absolute Gasteiger partial charge is 0.306 e. The van der Waals surface area contributed by atoms with Crippen molar-refractivity contribution in [2.45, 2.75) is 32.1 Å². The molecule has 100 valence electrons. The van der Waals surface area contributed by atoms with Crippen molar-refractivity contribution < 1.29 is 19.1 Å². The summed E-state index contributed by atoms with van der Waals surface area (Å²) in [6.07, 6.45) is 3.53. The van der Waals surface area contributed by atoms with Gasteiger partial charge in [0, 0.05) is 8.86 Å². The van der Waals surface area contributed by atoms with Gasteiger partial charge < -0.3 is 9.47 Å². The van der Waals surface area contributed by atoms with E-state index in [-0.39, 0.29) is 11.9 Å². The van der Waals surface area contributed by atoms with E-state index < -0.39 is 0 Å². The average Bonchev–Trinajstić information content (AvgIpc) is 2.28. The second kappa shape index (κ2) is 12.8. The predicted molar refractivity (Wildman–Crippen MR) is 82.8 cm³/mol. The number of esters is 2. The van der Waals surface area contributed by atoms with Crippen LogP contribution < -0.4 is 0 Å². The van der Waals surface area contributed by atoms with Crippen molar-refractivity contribution in [2.75, 3.05) is 22.1 Å². The molecule has 0 rings (SSSR count). The molecule has 0 heterocycles. The van der Waals surface area contributed by atoms with Crippen molar-refractivity contribution >= 4 is 57.1 Å². The van der Waals surface area contributed by atoms with Crippen molar-refractivity contribution in [1.29, 1.82) is 0 Å². The molecule has 0 saturated carbocycles. The zero-order chi connectivity index (χ0) is 12.9. The van der Waals surface area contributed by atoms with Crippen LogP contribution in [0.3, 0.4) is 0 Å². The minimum absolute atomic E-state index is 0.132. The highest BCUT2D eigenvalue weighted by Gasteiger charge is 2.02. The van der Waals surface area contributed by atoms with Gasteiger partial charge in [0.05, 0.1) is 26.1 Å². The largest absolute Gasteiger partial charge is 0.466 e. The monoisotopic (exact) mass is 468 g/mol. The van der Waals surface area contributed by atoms with Crippen LogP contribution in [-0.2, 0) is 19.1 Å². The summed E-state index contributed by atoms with van der Waals surface area (Å²) in [6, 6.07) is 0. The van der Waals surface area contributed by atoms with Crippen LogP contribution in [0.25, 0.3) is 0 Å². The van der Waals surface area contributed by atoms with Crippen LogP contribution in [-0.4, -0.2) is 34.0 Å². The molecule has 6 heteroatoms. The van der Waals surface area contributed by atoms with Crippen LogP contribution in [0, 0.1) is 0 Å². The Kier molecular flexibility index (Phi) is 13.1. The van der Waals surface area contributed by atoms with E-state index in [2.05, 4.69) is 45.2 Å². The zero-order valence-electron chi connectivity index (χ0n) is 9.75. The van der Waals surface area contributed by atoms with Gasteiger partial charge in [-0.05, 0) is 19.3 Å². The fourth-order valence-electron chi connectivity index (χ4n) is 1.05. The maximum absolute atomic E-state index is 11.0. The van der Waals surface area contributed by atoms with E-state index in [9.17, 15) is 9.59 Å². The van der Waals surface area contributed by atoms with Crippen molar-refractivity contribution in [2.24, 2.45) is 0 Å². The predicted octanol–water partition coefficient (Wildman–Crippen LogP) is 2.89. The van der Waals surface area contributed by atoms with Crippen molar-refractivity contribution in [1.82, 2.24) is 0 Å². The third-order valence-electron chi connectivity index (χ3n) is 1.91. The van der Waals surface area contributed by atoms with E-state index in [1.807, 2.05) is 0 Å². The van der Waals surface area contributed by atoms with Gasteiger partial charge in [-0.15, -0.1) is 0 Å². The molecular formula is C11H18I2O4. The van der Waals surface area contributed by atoms with Gasteiger partial charge in [-0.3, -0.25) is 9.59 Å². The molecule has 4 nitrogen and oxygen atoms in total. The number of ether oxygens (including phenoxy) is 2. The van der Waals surface area contributed by atoms with Gasteiger partial charge in [-0.2, -0.15) is 0 Å². The molecule has 0 spiro atoms. The van der Waals surface area contributed by atoms with Crippen molar-refractivity contribution in [3.05, 3.63) is 0 Å². The third kappa shape index (κ3) is 12.6. The Balaban J connectivity index is 3.18. The van der Waals surface area contributed by atoms with Crippen LogP contribution in [0.2, 0.25) is 0 Å². The lowest BCUT2D eigenvalue weighted by atomic mass is 10.2. The molecule has 0 unspecified atom stereocenters. The summed E-state index contributed by atoms with van der Waals surface area (Å²) in [5, 5.41) is 0. The summed E-state index contributed by atoms with van der Waals surface area (Å²) in [5.41, 5.74) is 0. The quantitative estimate of drug-likeness (QED) is 0.214. The van der Waals surface area contributed by atoms with Crippen molar-refractivity contribution in [3.8, 4) is 0 Å². The summed E-state index contributed by atoms with van der Waals surface area (Å²) < 4.78 is 11.6. The third-order valence-corrected chi connectivity index (χ3v) is 2.99. The Labute approximate surface area is 129 Å². The average molecular weight is 468 g/mol. The standard InChI is InChI=1S/C11H18I2O4/c12-6-4-10(14)16-8-2-1-3-9-17-11(15)5-7-13/h1-9H2. The molecule has 0 bridgehead atoms. The summed E-state index contributed by atoms with van der Waals surface area (Å²) in [5.74, 6) is -0.263. The second-order valence-electron chi connectivity index (χ2n) is 3.38. The molecule has 0 radical (unpaired) electrons. The van der Waals surface area contributed by atoms with E-state index in [4.69, 9.17) is 9.47 Å². The molecule has 0 aliphatic carbocycles. The van der Waals surface area contributed by atoms with E-state index in [1.54, 1.807) is 0 Å². The summed E-state index contributed by atoms with van der Waals surface area (Å²) in [6.45, 7) is 0.939. The molecule has 0 aromatic rings. The van der Waals surface area contributed by atoms with Gasteiger partial charge >= 0.3 is 11.9 Å². The summed E-state index contributed by atoms with van der Waals surface area (Å²) >= 11 is 4.29. The Hall–Kier alpha value is 0.400. The second-order valence-corrected chi connectivity index (χ2v) is 5.54. The first-order chi connectivity index (χ1) is 8.20. The molecule has 0 aromatic carbocycles. The first-order valence-electron chi connectivity index (χ1n) is 5.64. The van der Waals surface area contributed by atoms with Gasteiger partial charge in [0.15, 0.2) is 0 Å². The molecule has 0 saturated heterocycles. The number of carbonyl (C=O) groups excluding carboxylic acids is 2. The SMILES string of the molecule is O=C(CCI)OCCCCCOC(=O)CCI. The topological polar surface area (TPSA) is 52.6 Å². The maximum Gasteiger partial charge on any atom is 0.306 e. The number of carbonyl (C=O) groups is 2. The normalized spacial score (nSPS) is 10.0. The van der Waals surface area contributed by atoms with Crippen LogP contribution in [0.4, 0.5) is 0 Å². The highest BCUT2D eigenvalue weighted by Crippen LogP contribution is 2.00. The van der Waals surface area contributed by atoms with Crippen LogP contribution in [0.1, 0.15) is 32.1 Å². The van der Waals surface area contributed by atoms with Gasteiger partial charge in [-0.25, -0.2) is 0 Å². The Morgan fingerprint density at radius 2 is 1.18 bits per heavy atom. The molecule has 0 atom stereocenters. The Morgan fingerprint density at radius 1 is 0.765 bits per heavy atom. The summed E-state index contributed by atoms with van der Waals surface area (Å²) in [7, 11) is 0. The van der Waals surface area contributed by atoms with E-state index >= 15 is 0 Å². The zero-order valence-corrected chi connectivity index (χ0v) is 14.1. The lowest BCUT2D eigenvalue weighted by Gasteiger charge is -2.05. The first-order valence-corrected chi connectivity index (χ1v) is 8.69. The number of rotatable bonds is 10. The van der Waals surface area contributed by atoms with Gasteiger partial charge in [0.1, 0.15) is 0 Å². The number of unbranched alkanes of at least 4 members (excludes halogenated alkanes) is 2. The highest BCUT2D eigenvalue weighted by atomic mass is 127. The minimum atomic E-state index is -0.132. The van der Waals surface area contributed by atoms with E-state index in [1.165, 1.54) is 0 Å². The number of alkyl halides is 2. The lowest BCUT2D eigenvalue weighted by Crippen LogP contribution is -2.08. The number of hydrogen-bond donors (Lipinski definition) is 0. The van der Waals surface area contributed by atoms with Crippen LogP contribution in [0.15, 0.2) is 0 Å². The fourth-order valence-corrected chi connectivity index (χ4v) is 1.93. The first kappa shape index (κ1) is 17.4. The van der Waals surface area contributed by atoms with Crippen LogP contribution in [0.5, 0.6) is 0 Å². The Morgan fingerprint density at radius 3 is 1.53 bits per heavy atom. The van der Waals surface area contributed by atoms with E-state index in [0.717, 1.165) is 28.1 Å². The molecule has 0 amide bonds. The fraction of sp³-hybridized carbons (Fsp3) is 0.818. The molecule has 0 fully saturated rings. The Bertz CT molecular complexity index is 200. The molecule has 0 N–H and O–H groups in total. The molecule has 0 aliphatic heterocycles. The highest BCUT2D eigenvalue weighted by molar-refractivity contribution is 14.1.